The molecular weight excluding hydrogens is 180 g/mol. The molecule has 0 aromatic heterocycles. The molecule has 2 rings (SSSR count). The molecule has 2 N–H and O–H groups in total. The Balaban J connectivity index is 2.07. The topological polar surface area (TPSA) is 35.2 Å². The van der Waals surface area contributed by atoms with Crippen molar-refractivity contribution in [3.05, 3.63) is 24.0 Å². The summed E-state index contributed by atoms with van der Waals surface area (Å²) in [6.07, 6.45) is 3.22. The van der Waals surface area contributed by atoms with Crippen molar-refractivity contribution in [2.45, 2.75) is 25.2 Å². The van der Waals surface area contributed by atoms with Crippen molar-refractivity contribution in [3.63, 3.8) is 0 Å². The number of nitrogens with two attached hydrogens (primary N) is 1. The van der Waals surface area contributed by atoms with E-state index in [0.29, 0.717) is 11.4 Å². The minimum absolute atomic E-state index is 0.191. The standard InChI is InChI=1S/C10H12BFNO/c12-7-3-8(13)5-10(4-7)14-9-1-2-11-6-9/h3-5,9H,1-2,6,13H2/t9-/m1/s1. The van der Waals surface area contributed by atoms with Gasteiger partial charge in [0.1, 0.15) is 18.8 Å². The van der Waals surface area contributed by atoms with Gasteiger partial charge in [0.2, 0.25) is 0 Å². The van der Waals surface area contributed by atoms with E-state index in [4.69, 9.17) is 10.5 Å². The minimum atomic E-state index is -0.345. The molecule has 1 fully saturated rings. The number of hydrogen-bond donors (Lipinski definition) is 1. The van der Waals surface area contributed by atoms with Crippen molar-refractivity contribution in [2.24, 2.45) is 0 Å². The van der Waals surface area contributed by atoms with Gasteiger partial charge in [0.15, 0.2) is 0 Å². The summed E-state index contributed by atoms with van der Waals surface area (Å²) in [6.45, 7) is 0. The number of hydrogen-bond acceptors (Lipinski definition) is 2. The highest BCUT2D eigenvalue weighted by Gasteiger charge is 2.17. The first kappa shape index (κ1) is 9.37. The van der Waals surface area contributed by atoms with Gasteiger partial charge < -0.3 is 10.5 Å². The van der Waals surface area contributed by atoms with Crippen LogP contribution >= 0.6 is 0 Å². The molecule has 1 saturated heterocycles. The molecule has 2 nitrogen and oxygen atoms in total. The molecule has 4 heteroatoms. The van der Waals surface area contributed by atoms with E-state index in [-0.39, 0.29) is 11.9 Å². The fraction of sp³-hybridized carbons (Fsp3) is 0.400. The fourth-order valence-electron chi connectivity index (χ4n) is 1.68. The molecule has 0 spiro atoms. The number of rotatable bonds is 2. The fourth-order valence-corrected chi connectivity index (χ4v) is 1.68. The lowest BCUT2D eigenvalue weighted by molar-refractivity contribution is 0.225. The van der Waals surface area contributed by atoms with Crippen LogP contribution in [0.3, 0.4) is 0 Å². The molecule has 0 unspecified atom stereocenters. The third-order valence-electron chi connectivity index (χ3n) is 2.32. The van der Waals surface area contributed by atoms with Crippen LogP contribution in [0.2, 0.25) is 12.6 Å². The zero-order valence-electron chi connectivity index (χ0n) is 7.87. The summed E-state index contributed by atoms with van der Waals surface area (Å²) >= 11 is 0. The van der Waals surface area contributed by atoms with Crippen molar-refractivity contribution in [2.75, 3.05) is 5.73 Å². The molecule has 0 amide bonds. The molecule has 73 valence electrons. The SMILES string of the molecule is Nc1cc(F)cc(O[C@H]2C[B]CC2)c1. The highest BCUT2D eigenvalue weighted by atomic mass is 19.1. The van der Waals surface area contributed by atoms with Crippen LogP contribution in [0.4, 0.5) is 10.1 Å². The predicted molar refractivity (Wildman–Crippen MR) is 55.2 cm³/mol. The van der Waals surface area contributed by atoms with Gasteiger partial charge in [0, 0.05) is 17.8 Å². The van der Waals surface area contributed by atoms with Gasteiger partial charge in [0.05, 0.1) is 6.10 Å². The average molecular weight is 192 g/mol. The van der Waals surface area contributed by atoms with E-state index >= 15 is 0 Å². The van der Waals surface area contributed by atoms with Gasteiger partial charge in [-0.05, 0) is 18.8 Å². The highest BCUT2D eigenvalue weighted by molar-refractivity contribution is 6.36. The molecule has 0 aliphatic carbocycles. The summed E-state index contributed by atoms with van der Waals surface area (Å²) in [6, 6.07) is 4.31. The summed E-state index contributed by atoms with van der Waals surface area (Å²) < 4.78 is 18.5. The lowest BCUT2D eigenvalue weighted by Crippen LogP contribution is -2.11. The Labute approximate surface area is 83.5 Å². The zero-order valence-corrected chi connectivity index (χ0v) is 7.87. The molecule has 1 atom stereocenters. The van der Waals surface area contributed by atoms with E-state index in [1.807, 2.05) is 0 Å². The van der Waals surface area contributed by atoms with Crippen LogP contribution < -0.4 is 10.5 Å². The number of ether oxygens (including phenoxy) is 1. The Bertz CT molecular complexity index is 306. The molecule has 1 aromatic carbocycles. The minimum Gasteiger partial charge on any atom is -0.491 e. The second-order valence-corrected chi connectivity index (χ2v) is 3.56. The monoisotopic (exact) mass is 192 g/mol. The van der Waals surface area contributed by atoms with E-state index in [1.54, 1.807) is 6.07 Å². The largest absolute Gasteiger partial charge is 0.491 e. The van der Waals surface area contributed by atoms with Crippen molar-refractivity contribution < 1.29 is 9.13 Å². The first-order chi connectivity index (χ1) is 6.74. The molecule has 1 aromatic rings. The van der Waals surface area contributed by atoms with Crippen LogP contribution in [0.1, 0.15) is 6.42 Å². The van der Waals surface area contributed by atoms with Crippen molar-refractivity contribution in [3.8, 4) is 5.75 Å². The Morgan fingerprint density at radius 2 is 2.29 bits per heavy atom. The summed E-state index contributed by atoms with van der Waals surface area (Å²) in [5.41, 5.74) is 5.91. The van der Waals surface area contributed by atoms with E-state index in [0.717, 1.165) is 19.1 Å². The summed E-state index contributed by atoms with van der Waals surface area (Å²) in [7, 11) is 2.19. The summed E-state index contributed by atoms with van der Waals surface area (Å²) in [5, 5.41) is 0. The van der Waals surface area contributed by atoms with E-state index in [1.165, 1.54) is 12.1 Å². The van der Waals surface area contributed by atoms with Crippen LogP contribution in [0, 0.1) is 5.82 Å². The van der Waals surface area contributed by atoms with E-state index in [2.05, 4.69) is 7.28 Å². The van der Waals surface area contributed by atoms with Crippen molar-refractivity contribution >= 4 is 13.0 Å². The van der Waals surface area contributed by atoms with E-state index in [9.17, 15) is 4.39 Å². The van der Waals surface area contributed by atoms with Gasteiger partial charge in [-0.1, -0.05) is 6.32 Å². The number of benzene rings is 1. The molecule has 0 saturated carbocycles. The number of anilines is 1. The third kappa shape index (κ3) is 2.19. The lowest BCUT2D eigenvalue weighted by Gasteiger charge is -2.13. The zero-order chi connectivity index (χ0) is 9.97. The normalized spacial score (nSPS) is 20.5. The first-order valence-corrected chi connectivity index (χ1v) is 4.78. The van der Waals surface area contributed by atoms with Crippen molar-refractivity contribution in [1.82, 2.24) is 0 Å². The van der Waals surface area contributed by atoms with Crippen LogP contribution in [0.15, 0.2) is 18.2 Å². The van der Waals surface area contributed by atoms with Crippen LogP contribution in [0.25, 0.3) is 0 Å². The van der Waals surface area contributed by atoms with Crippen molar-refractivity contribution in [1.29, 1.82) is 0 Å². The Morgan fingerprint density at radius 1 is 1.43 bits per heavy atom. The second kappa shape index (κ2) is 3.90. The van der Waals surface area contributed by atoms with Crippen LogP contribution in [-0.4, -0.2) is 13.4 Å². The molecule has 0 bridgehead atoms. The average Bonchev–Trinajstić information content (AvgIpc) is 2.54. The van der Waals surface area contributed by atoms with Gasteiger partial charge in [-0.15, -0.1) is 0 Å². The van der Waals surface area contributed by atoms with Gasteiger partial charge in [-0.2, -0.15) is 0 Å². The highest BCUT2D eigenvalue weighted by Crippen LogP contribution is 2.23. The first-order valence-electron chi connectivity index (χ1n) is 4.78. The Kier molecular flexibility index (Phi) is 2.61. The second-order valence-electron chi connectivity index (χ2n) is 3.56. The lowest BCUT2D eigenvalue weighted by atomic mass is 9.77. The Hall–Kier alpha value is -1.19. The Morgan fingerprint density at radius 3 is 2.93 bits per heavy atom. The van der Waals surface area contributed by atoms with Crippen LogP contribution in [-0.2, 0) is 0 Å². The smallest absolute Gasteiger partial charge is 0.128 e. The molecular formula is C10H12BFNO. The van der Waals surface area contributed by atoms with Gasteiger partial charge in [-0.3, -0.25) is 0 Å². The maximum atomic E-state index is 12.9. The van der Waals surface area contributed by atoms with Crippen LogP contribution in [0.5, 0.6) is 5.75 Å². The molecule has 1 radical (unpaired) electrons. The molecule has 1 aliphatic rings. The van der Waals surface area contributed by atoms with Gasteiger partial charge >= 0.3 is 0 Å². The maximum Gasteiger partial charge on any atom is 0.128 e. The molecule has 1 aliphatic heterocycles. The number of halogens is 1. The predicted octanol–water partition coefficient (Wildman–Crippen LogP) is 2.10. The van der Waals surface area contributed by atoms with Gasteiger partial charge in [0.25, 0.3) is 0 Å². The quantitative estimate of drug-likeness (QED) is 0.575. The van der Waals surface area contributed by atoms with E-state index < -0.39 is 0 Å². The number of nitrogen functional groups attached to an aromatic ring is 1. The molecule has 14 heavy (non-hydrogen) atoms. The molecule has 1 heterocycles. The summed E-state index contributed by atoms with van der Waals surface area (Å²) in [4.78, 5) is 0. The maximum absolute atomic E-state index is 12.9. The third-order valence-corrected chi connectivity index (χ3v) is 2.32. The summed E-state index contributed by atoms with van der Waals surface area (Å²) in [5.74, 6) is 0.185. The van der Waals surface area contributed by atoms with Gasteiger partial charge in [-0.25, -0.2) is 4.39 Å².